The first-order valence-corrected chi connectivity index (χ1v) is 9.94. The third kappa shape index (κ3) is 5.65. The number of halogens is 1. The third-order valence-electron chi connectivity index (χ3n) is 3.96. The topological polar surface area (TPSA) is 71.1 Å². The molecule has 0 saturated carbocycles. The second kappa shape index (κ2) is 8.99. The van der Waals surface area contributed by atoms with Crippen LogP contribution in [0.3, 0.4) is 0 Å². The van der Waals surface area contributed by atoms with Crippen LogP contribution >= 0.6 is 22.9 Å². The number of aromatic nitrogens is 1. The van der Waals surface area contributed by atoms with Gasteiger partial charge in [-0.1, -0.05) is 40.9 Å². The second-order valence-corrected chi connectivity index (χ2v) is 8.10. The molecule has 7 heteroatoms. The lowest BCUT2D eigenvalue weighted by Gasteiger charge is -2.07. The Balaban J connectivity index is 1.52. The molecule has 0 spiro atoms. The largest absolute Gasteiger partial charge is 0.343 e. The maximum atomic E-state index is 12.2. The zero-order valence-corrected chi connectivity index (χ0v) is 17.2. The molecule has 3 rings (SSSR count). The van der Waals surface area contributed by atoms with Crippen LogP contribution in [0.15, 0.2) is 48.7 Å². The number of thiazole rings is 1. The number of hydrogen-bond donors (Lipinski definition) is 2. The number of nitrogens with zero attached hydrogens (tertiary/aromatic N) is 1. The van der Waals surface area contributed by atoms with E-state index in [0.29, 0.717) is 22.1 Å². The minimum absolute atomic E-state index is 0.116. The molecule has 28 heavy (non-hydrogen) atoms. The van der Waals surface area contributed by atoms with Crippen LogP contribution in [0.25, 0.3) is 0 Å². The number of benzene rings is 2. The van der Waals surface area contributed by atoms with Crippen molar-refractivity contribution in [3.8, 4) is 0 Å². The molecule has 0 aliphatic heterocycles. The zero-order valence-electron chi connectivity index (χ0n) is 15.6. The molecule has 0 unspecified atom stereocenters. The smallest absolute Gasteiger partial charge is 0.251 e. The molecule has 0 bridgehead atoms. The maximum Gasteiger partial charge on any atom is 0.251 e. The lowest BCUT2D eigenvalue weighted by Crippen LogP contribution is -2.32. The minimum Gasteiger partial charge on any atom is -0.343 e. The number of carbonyl (C=O) groups excluding carboxylic acids is 2. The van der Waals surface area contributed by atoms with Crippen molar-refractivity contribution in [2.24, 2.45) is 0 Å². The van der Waals surface area contributed by atoms with Gasteiger partial charge in [0.05, 0.1) is 6.54 Å². The first-order chi connectivity index (χ1) is 13.4. The summed E-state index contributed by atoms with van der Waals surface area (Å²) >= 11 is 7.40. The van der Waals surface area contributed by atoms with Crippen molar-refractivity contribution in [2.75, 3.05) is 11.9 Å². The van der Waals surface area contributed by atoms with Crippen molar-refractivity contribution in [3.05, 3.63) is 80.8 Å². The van der Waals surface area contributed by atoms with Gasteiger partial charge in [0, 0.05) is 28.1 Å². The van der Waals surface area contributed by atoms with Gasteiger partial charge in [-0.15, -0.1) is 11.3 Å². The van der Waals surface area contributed by atoms with Gasteiger partial charge in [-0.05, 0) is 43.7 Å². The zero-order chi connectivity index (χ0) is 20.1. The van der Waals surface area contributed by atoms with Crippen LogP contribution in [0.5, 0.6) is 0 Å². The van der Waals surface area contributed by atoms with E-state index in [1.165, 1.54) is 11.3 Å². The van der Waals surface area contributed by atoms with Gasteiger partial charge in [0.25, 0.3) is 5.91 Å². The molecule has 0 saturated heterocycles. The highest BCUT2D eigenvalue weighted by Gasteiger charge is 2.11. The van der Waals surface area contributed by atoms with Crippen LogP contribution in [0.4, 0.5) is 5.13 Å². The number of hydrogen-bond acceptors (Lipinski definition) is 4. The Kier molecular flexibility index (Phi) is 6.44. The predicted octanol–water partition coefficient (Wildman–Crippen LogP) is 4.37. The summed E-state index contributed by atoms with van der Waals surface area (Å²) in [6.45, 7) is 3.74. The molecular formula is C21H20ClN3O2S. The van der Waals surface area contributed by atoms with Gasteiger partial charge < -0.3 is 10.6 Å². The minimum atomic E-state index is -0.318. The first kappa shape index (κ1) is 20.0. The van der Waals surface area contributed by atoms with Gasteiger partial charge in [0.2, 0.25) is 5.91 Å². The number of aryl methyl sites for hydroxylation is 2. The number of nitrogens with one attached hydrogen (secondary N) is 2. The van der Waals surface area contributed by atoms with E-state index < -0.39 is 0 Å². The van der Waals surface area contributed by atoms with Crippen molar-refractivity contribution < 1.29 is 9.59 Å². The molecule has 5 nitrogen and oxygen atoms in total. The fraction of sp³-hybridized carbons (Fsp3) is 0.190. The van der Waals surface area contributed by atoms with Gasteiger partial charge >= 0.3 is 0 Å². The molecule has 0 radical (unpaired) electrons. The van der Waals surface area contributed by atoms with Crippen LogP contribution in [0, 0.1) is 13.8 Å². The van der Waals surface area contributed by atoms with E-state index in [-0.39, 0.29) is 18.4 Å². The Morgan fingerprint density at radius 3 is 2.57 bits per heavy atom. The summed E-state index contributed by atoms with van der Waals surface area (Å²) in [5, 5.41) is 6.55. The quantitative estimate of drug-likeness (QED) is 0.630. The Labute approximate surface area is 172 Å². The predicted molar refractivity (Wildman–Crippen MR) is 113 cm³/mol. The molecule has 0 fully saturated rings. The molecule has 0 aliphatic carbocycles. The highest BCUT2D eigenvalue weighted by Crippen LogP contribution is 2.22. The van der Waals surface area contributed by atoms with Gasteiger partial charge in [0.1, 0.15) is 0 Å². The summed E-state index contributed by atoms with van der Waals surface area (Å²) < 4.78 is 0. The van der Waals surface area contributed by atoms with Crippen molar-refractivity contribution in [1.29, 1.82) is 0 Å². The third-order valence-corrected chi connectivity index (χ3v) is 5.11. The van der Waals surface area contributed by atoms with Gasteiger partial charge in [-0.25, -0.2) is 4.98 Å². The molecule has 0 aliphatic rings. The molecule has 2 N–H and O–H groups in total. The highest BCUT2D eigenvalue weighted by atomic mass is 35.5. The van der Waals surface area contributed by atoms with Crippen LogP contribution in [0.2, 0.25) is 5.02 Å². The molecule has 1 aromatic heterocycles. The van der Waals surface area contributed by atoms with E-state index in [2.05, 4.69) is 15.6 Å². The Bertz CT molecular complexity index is 996. The standard InChI is InChI=1S/C21H20ClN3O2S/c1-13-6-14(2)8-16(7-13)20(27)23-12-19(26)25-21-24-11-18(28-21)10-15-4-3-5-17(22)9-15/h3-9,11H,10,12H2,1-2H3,(H,23,27)(H,24,25,26). The number of amides is 2. The highest BCUT2D eigenvalue weighted by molar-refractivity contribution is 7.15. The van der Waals surface area contributed by atoms with Crippen molar-refractivity contribution >= 4 is 39.9 Å². The Hall–Kier alpha value is -2.70. The Morgan fingerprint density at radius 1 is 1.11 bits per heavy atom. The molecule has 2 aromatic carbocycles. The summed E-state index contributed by atoms with van der Waals surface area (Å²) in [6.07, 6.45) is 2.42. The number of rotatable bonds is 6. The Morgan fingerprint density at radius 2 is 1.86 bits per heavy atom. The summed E-state index contributed by atoms with van der Waals surface area (Å²) in [6, 6.07) is 13.2. The van der Waals surface area contributed by atoms with Crippen molar-refractivity contribution in [3.63, 3.8) is 0 Å². The normalized spacial score (nSPS) is 10.5. The number of anilines is 1. The van der Waals surface area contributed by atoms with Crippen LogP contribution in [-0.4, -0.2) is 23.3 Å². The average molecular weight is 414 g/mol. The van der Waals surface area contributed by atoms with Gasteiger partial charge in [0.15, 0.2) is 5.13 Å². The molecule has 0 atom stereocenters. The fourth-order valence-corrected chi connectivity index (χ4v) is 3.90. The van der Waals surface area contributed by atoms with Crippen LogP contribution in [0.1, 0.15) is 31.9 Å². The van der Waals surface area contributed by atoms with Crippen LogP contribution in [-0.2, 0) is 11.2 Å². The fourth-order valence-electron chi connectivity index (χ4n) is 2.83. The van der Waals surface area contributed by atoms with Gasteiger partial charge in [-0.2, -0.15) is 0 Å². The summed E-state index contributed by atoms with van der Waals surface area (Å²) in [4.78, 5) is 29.6. The summed E-state index contributed by atoms with van der Waals surface area (Å²) in [5.41, 5.74) is 3.63. The van der Waals surface area contributed by atoms with E-state index in [1.807, 2.05) is 44.2 Å². The number of carbonyl (C=O) groups is 2. The first-order valence-electron chi connectivity index (χ1n) is 8.74. The van der Waals surface area contributed by atoms with Crippen molar-refractivity contribution in [1.82, 2.24) is 10.3 Å². The molecule has 1 heterocycles. The summed E-state index contributed by atoms with van der Waals surface area (Å²) in [5.74, 6) is -0.593. The molecule has 144 valence electrons. The van der Waals surface area contributed by atoms with E-state index in [9.17, 15) is 9.59 Å². The maximum absolute atomic E-state index is 12.2. The molecule has 3 aromatic rings. The van der Waals surface area contributed by atoms with E-state index in [4.69, 9.17) is 11.6 Å². The monoisotopic (exact) mass is 413 g/mol. The van der Waals surface area contributed by atoms with Gasteiger partial charge in [-0.3, -0.25) is 9.59 Å². The second-order valence-electron chi connectivity index (χ2n) is 6.55. The molecule has 2 amide bonds. The SMILES string of the molecule is Cc1cc(C)cc(C(=O)NCC(=O)Nc2ncc(Cc3cccc(Cl)c3)s2)c1. The van der Waals surface area contributed by atoms with E-state index >= 15 is 0 Å². The van der Waals surface area contributed by atoms with Crippen molar-refractivity contribution in [2.45, 2.75) is 20.3 Å². The van der Waals surface area contributed by atoms with E-state index in [1.54, 1.807) is 18.3 Å². The van der Waals surface area contributed by atoms with E-state index in [0.717, 1.165) is 21.6 Å². The molecular weight excluding hydrogens is 394 g/mol. The lowest BCUT2D eigenvalue weighted by atomic mass is 10.1. The van der Waals surface area contributed by atoms with Crippen LogP contribution < -0.4 is 10.6 Å². The summed E-state index contributed by atoms with van der Waals surface area (Å²) in [7, 11) is 0. The average Bonchev–Trinajstić information content (AvgIpc) is 3.05. The lowest BCUT2D eigenvalue weighted by molar-refractivity contribution is -0.115.